The Morgan fingerprint density at radius 1 is 1.42 bits per heavy atom. The standard InChI is InChI=1S/C15H24N2OS/c1-10(2)12(4)15(18)17-8-6-5-7-13(17)14-16-11(3)9-19-14/h9-10,12-13H,5-8H2,1-4H3/t12-,13+/m1/s1. The minimum atomic E-state index is 0.0988. The van der Waals surface area contributed by atoms with Crippen molar-refractivity contribution in [2.75, 3.05) is 6.54 Å². The van der Waals surface area contributed by atoms with Gasteiger partial charge in [-0.2, -0.15) is 0 Å². The Labute approximate surface area is 120 Å². The third-order valence-corrected chi connectivity index (χ3v) is 5.16. The third kappa shape index (κ3) is 3.16. The van der Waals surface area contributed by atoms with Gasteiger partial charge in [0.15, 0.2) is 0 Å². The largest absolute Gasteiger partial charge is 0.333 e. The molecule has 3 nitrogen and oxygen atoms in total. The number of hydrogen-bond donors (Lipinski definition) is 0. The van der Waals surface area contributed by atoms with Gasteiger partial charge in [0.2, 0.25) is 5.91 Å². The van der Waals surface area contributed by atoms with Gasteiger partial charge in [-0.3, -0.25) is 4.79 Å². The molecule has 4 heteroatoms. The highest BCUT2D eigenvalue weighted by molar-refractivity contribution is 7.09. The molecule has 1 aliphatic heterocycles. The van der Waals surface area contributed by atoms with Crippen LogP contribution in [-0.2, 0) is 4.79 Å². The van der Waals surface area contributed by atoms with E-state index in [0.29, 0.717) is 11.8 Å². The van der Waals surface area contributed by atoms with Gasteiger partial charge in [0.25, 0.3) is 0 Å². The van der Waals surface area contributed by atoms with Crippen molar-refractivity contribution in [1.29, 1.82) is 0 Å². The number of carbonyl (C=O) groups is 1. The zero-order valence-electron chi connectivity index (χ0n) is 12.3. The van der Waals surface area contributed by atoms with Crippen molar-refractivity contribution in [3.63, 3.8) is 0 Å². The second kappa shape index (κ2) is 6.04. The Morgan fingerprint density at radius 2 is 2.16 bits per heavy atom. The van der Waals surface area contributed by atoms with E-state index in [0.717, 1.165) is 30.1 Å². The van der Waals surface area contributed by atoms with Crippen LogP contribution in [0, 0.1) is 18.8 Å². The van der Waals surface area contributed by atoms with Crippen LogP contribution in [0.5, 0.6) is 0 Å². The number of carbonyl (C=O) groups excluding carboxylic acids is 1. The first kappa shape index (κ1) is 14.5. The van der Waals surface area contributed by atoms with E-state index >= 15 is 0 Å². The fraction of sp³-hybridized carbons (Fsp3) is 0.733. The zero-order chi connectivity index (χ0) is 14.0. The molecule has 0 aromatic carbocycles. The maximum Gasteiger partial charge on any atom is 0.226 e. The van der Waals surface area contributed by atoms with E-state index < -0.39 is 0 Å². The average Bonchev–Trinajstić information content (AvgIpc) is 2.83. The second-order valence-corrected chi connectivity index (χ2v) is 6.79. The first-order chi connectivity index (χ1) is 9.00. The number of amides is 1. The van der Waals surface area contributed by atoms with Gasteiger partial charge in [-0.25, -0.2) is 4.98 Å². The van der Waals surface area contributed by atoms with E-state index in [2.05, 4.69) is 29.1 Å². The number of aryl methyl sites for hydroxylation is 1. The lowest BCUT2D eigenvalue weighted by Crippen LogP contribution is -2.42. The highest BCUT2D eigenvalue weighted by atomic mass is 32.1. The molecule has 1 fully saturated rings. The fourth-order valence-electron chi connectivity index (χ4n) is 2.52. The zero-order valence-corrected chi connectivity index (χ0v) is 13.2. The molecule has 1 aromatic heterocycles. The molecule has 2 heterocycles. The number of nitrogens with zero attached hydrogens (tertiary/aromatic N) is 2. The summed E-state index contributed by atoms with van der Waals surface area (Å²) in [6.45, 7) is 9.20. The smallest absolute Gasteiger partial charge is 0.226 e. The minimum Gasteiger partial charge on any atom is -0.333 e. The van der Waals surface area contributed by atoms with Crippen molar-refractivity contribution in [2.45, 2.75) is 53.0 Å². The summed E-state index contributed by atoms with van der Waals surface area (Å²) in [4.78, 5) is 19.3. The van der Waals surface area contributed by atoms with Crippen molar-refractivity contribution in [1.82, 2.24) is 9.88 Å². The molecule has 106 valence electrons. The Hall–Kier alpha value is -0.900. The first-order valence-corrected chi connectivity index (χ1v) is 8.11. The van der Waals surface area contributed by atoms with Crippen LogP contribution in [0.1, 0.15) is 56.8 Å². The quantitative estimate of drug-likeness (QED) is 0.844. The Kier molecular flexibility index (Phi) is 4.61. The molecule has 0 aliphatic carbocycles. The van der Waals surface area contributed by atoms with Crippen LogP contribution in [0.3, 0.4) is 0 Å². The lowest BCUT2D eigenvalue weighted by molar-refractivity contribution is -0.140. The molecule has 0 unspecified atom stereocenters. The van der Waals surface area contributed by atoms with E-state index in [1.54, 1.807) is 11.3 Å². The molecule has 1 aromatic rings. The van der Waals surface area contributed by atoms with Gasteiger partial charge >= 0.3 is 0 Å². The van der Waals surface area contributed by atoms with Crippen LogP contribution < -0.4 is 0 Å². The summed E-state index contributed by atoms with van der Waals surface area (Å²) < 4.78 is 0. The number of aromatic nitrogens is 1. The summed E-state index contributed by atoms with van der Waals surface area (Å²) >= 11 is 1.69. The number of thiazole rings is 1. The first-order valence-electron chi connectivity index (χ1n) is 7.23. The van der Waals surface area contributed by atoms with Gasteiger partial charge in [-0.05, 0) is 32.1 Å². The molecule has 1 aliphatic rings. The van der Waals surface area contributed by atoms with Crippen molar-refractivity contribution >= 4 is 17.2 Å². The summed E-state index contributed by atoms with van der Waals surface area (Å²) in [5.74, 6) is 0.794. The monoisotopic (exact) mass is 280 g/mol. The Balaban J connectivity index is 2.18. The molecule has 0 N–H and O–H groups in total. The lowest BCUT2D eigenvalue weighted by atomic mass is 9.93. The average molecular weight is 280 g/mol. The molecule has 1 saturated heterocycles. The van der Waals surface area contributed by atoms with E-state index in [-0.39, 0.29) is 12.0 Å². The minimum absolute atomic E-state index is 0.0988. The Morgan fingerprint density at radius 3 is 2.74 bits per heavy atom. The molecular formula is C15H24N2OS. The normalized spacial score (nSPS) is 21.7. The topological polar surface area (TPSA) is 33.2 Å². The molecule has 0 radical (unpaired) electrons. The molecule has 0 bridgehead atoms. The van der Waals surface area contributed by atoms with Crippen LogP contribution in [0.4, 0.5) is 0 Å². The molecule has 0 saturated carbocycles. The fourth-order valence-corrected chi connectivity index (χ4v) is 3.47. The predicted molar refractivity (Wildman–Crippen MR) is 79.2 cm³/mol. The van der Waals surface area contributed by atoms with Crippen LogP contribution in [0.2, 0.25) is 0 Å². The molecule has 2 atom stereocenters. The second-order valence-electron chi connectivity index (χ2n) is 5.90. The maximum absolute atomic E-state index is 12.6. The van der Waals surface area contributed by atoms with Crippen molar-refractivity contribution in [2.24, 2.45) is 11.8 Å². The number of piperidine rings is 1. The molecule has 2 rings (SSSR count). The summed E-state index contributed by atoms with van der Waals surface area (Å²) in [6.07, 6.45) is 3.38. The van der Waals surface area contributed by atoms with Crippen LogP contribution in [0.15, 0.2) is 5.38 Å². The number of hydrogen-bond acceptors (Lipinski definition) is 3. The van der Waals surface area contributed by atoms with Gasteiger partial charge < -0.3 is 4.90 Å². The van der Waals surface area contributed by atoms with Gasteiger partial charge in [-0.15, -0.1) is 11.3 Å². The van der Waals surface area contributed by atoms with E-state index in [9.17, 15) is 4.79 Å². The summed E-state index contributed by atoms with van der Waals surface area (Å²) in [5, 5.41) is 3.19. The van der Waals surface area contributed by atoms with Gasteiger partial charge in [0.1, 0.15) is 5.01 Å². The summed E-state index contributed by atoms with van der Waals surface area (Å²) in [7, 11) is 0. The maximum atomic E-state index is 12.6. The van der Waals surface area contributed by atoms with E-state index in [1.807, 2.05) is 13.8 Å². The summed E-state index contributed by atoms with van der Waals surface area (Å²) in [5.41, 5.74) is 1.06. The van der Waals surface area contributed by atoms with Crippen LogP contribution in [0.25, 0.3) is 0 Å². The molecular weight excluding hydrogens is 256 g/mol. The predicted octanol–water partition coefficient (Wildman–Crippen LogP) is 3.80. The van der Waals surface area contributed by atoms with Crippen LogP contribution >= 0.6 is 11.3 Å². The third-order valence-electron chi connectivity index (χ3n) is 4.10. The Bertz CT molecular complexity index is 441. The highest BCUT2D eigenvalue weighted by Crippen LogP contribution is 2.34. The van der Waals surface area contributed by atoms with Crippen molar-refractivity contribution in [3.8, 4) is 0 Å². The highest BCUT2D eigenvalue weighted by Gasteiger charge is 2.32. The number of rotatable bonds is 3. The van der Waals surface area contributed by atoms with Crippen molar-refractivity contribution in [3.05, 3.63) is 16.1 Å². The van der Waals surface area contributed by atoms with Gasteiger partial charge in [-0.1, -0.05) is 20.8 Å². The number of likely N-dealkylation sites (tertiary alicyclic amines) is 1. The molecule has 0 spiro atoms. The van der Waals surface area contributed by atoms with Crippen molar-refractivity contribution < 1.29 is 4.79 Å². The lowest BCUT2D eigenvalue weighted by Gasteiger charge is -2.37. The van der Waals surface area contributed by atoms with Gasteiger partial charge in [0, 0.05) is 23.5 Å². The SMILES string of the molecule is Cc1csc([C@@H]2CCCCN2C(=O)[C@H](C)C(C)C)n1. The van der Waals surface area contributed by atoms with E-state index in [1.165, 1.54) is 6.42 Å². The van der Waals surface area contributed by atoms with Gasteiger partial charge in [0.05, 0.1) is 6.04 Å². The van der Waals surface area contributed by atoms with Crippen LogP contribution in [-0.4, -0.2) is 22.3 Å². The van der Waals surface area contributed by atoms with E-state index in [4.69, 9.17) is 0 Å². The molecule has 19 heavy (non-hydrogen) atoms. The summed E-state index contributed by atoms with van der Waals surface area (Å²) in [6, 6.07) is 0.209. The molecule has 1 amide bonds.